The molecule has 4 aromatic rings. The maximum atomic E-state index is 12.6. The minimum absolute atomic E-state index is 0.190. The van der Waals surface area contributed by atoms with E-state index in [9.17, 15) is 4.79 Å². The van der Waals surface area contributed by atoms with Gasteiger partial charge in [-0.25, -0.2) is 14.3 Å². The van der Waals surface area contributed by atoms with Gasteiger partial charge in [-0.3, -0.25) is 4.79 Å². The molecule has 1 aromatic carbocycles. The molecule has 154 valence electrons. The fraction of sp³-hybridized carbons (Fsp3) is 0.211. The number of amides is 1. The van der Waals surface area contributed by atoms with Crippen molar-refractivity contribution in [3.63, 3.8) is 0 Å². The monoisotopic (exact) mass is 440 g/mol. The number of carbonyl (C=O) groups is 1. The molecule has 1 amide bonds. The van der Waals surface area contributed by atoms with Crippen LogP contribution in [0.2, 0.25) is 0 Å². The van der Waals surface area contributed by atoms with Crippen LogP contribution < -0.4 is 11.2 Å². The first-order valence-corrected chi connectivity index (χ1v) is 10.9. The predicted molar refractivity (Wildman–Crippen MR) is 118 cm³/mol. The highest BCUT2D eigenvalue weighted by molar-refractivity contribution is 8.00. The van der Waals surface area contributed by atoms with E-state index in [1.165, 1.54) is 27.8 Å². The van der Waals surface area contributed by atoms with Gasteiger partial charge in [0, 0.05) is 16.6 Å². The first kappa shape index (κ1) is 20.1. The third kappa shape index (κ3) is 4.07. The first-order chi connectivity index (χ1) is 14.4. The van der Waals surface area contributed by atoms with E-state index in [4.69, 9.17) is 5.84 Å². The number of aromatic nitrogens is 6. The van der Waals surface area contributed by atoms with Gasteiger partial charge in [-0.1, -0.05) is 42.1 Å². The van der Waals surface area contributed by atoms with Crippen molar-refractivity contribution in [1.29, 1.82) is 0 Å². The average Bonchev–Trinajstić information content (AvgIpc) is 3.42. The SMILES string of the molecule is Cc1cc(C)n(-c2nnc(SC(C)C(=O)Nc3nc(-c4ccccc4)cs3)n2N)n1. The Hall–Kier alpha value is -3.18. The molecule has 0 fully saturated rings. The van der Waals surface area contributed by atoms with E-state index in [0.29, 0.717) is 16.2 Å². The summed E-state index contributed by atoms with van der Waals surface area (Å²) in [4.78, 5) is 17.1. The van der Waals surface area contributed by atoms with Crippen LogP contribution in [-0.2, 0) is 4.79 Å². The van der Waals surface area contributed by atoms with Crippen molar-refractivity contribution in [1.82, 2.24) is 29.6 Å². The third-order valence-electron chi connectivity index (χ3n) is 4.30. The number of thioether (sulfide) groups is 1. The van der Waals surface area contributed by atoms with Crippen LogP contribution >= 0.6 is 23.1 Å². The van der Waals surface area contributed by atoms with Gasteiger partial charge < -0.3 is 11.2 Å². The number of nitrogen functional groups attached to an aromatic ring is 1. The summed E-state index contributed by atoms with van der Waals surface area (Å²) in [6, 6.07) is 11.7. The third-order valence-corrected chi connectivity index (χ3v) is 6.12. The van der Waals surface area contributed by atoms with Gasteiger partial charge in [0.2, 0.25) is 11.1 Å². The number of nitrogens with two attached hydrogens (primary N) is 1. The van der Waals surface area contributed by atoms with E-state index in [-0.39, 0.29) is 5.91 Å². The fourth-order valence-corrected chi connectivity index (χ4v) is 4.30. The lowest BCUT2D eigenvalue weighted by molar-refractivity contribution is -0.115. The topological polar surface area (TPSA) is 117 Å². The van der Waals surface area contributed by atoms with Gasteiger partial charge in [-0.2, -0.15) is 5.10 Å². The van der Waals surface area contributed by atoms with Gasteiger partial charge in [-0.05, 0) is 26.8 Å². The number of anilines is 1. The molecule has 3 N–H and O–H groups in total. The van der Waals surface area contributed by atoms with Crippen molar-refractivity contribution in [3.8, 4) is 17.2 Å². The van der Waals surface area contributed by atoms with E-state index in [1.54, 1.807) is 11.6 Å². The van der Waals surface area contributed by atoms with Crippen molar-refractivity contribution in [2.24, 2.45) is 0 Å². The second-order valence-corrected chi connectivity index (χ2v) is 8.81. The van der Waals surface area contributed by atoms with Crippen molar-refractivity contribution in [2.75, 3.05) is 11.2 Å². The summed E-state index contributed by atoms with van der Waals surface area (Å²) in [5.74, 6) is 6.35. The number of aryl methyl sites for hydroxylation is 2. The molecule has 0 saturated carbocycles. The van der Waals surface area contributed by atoms with Crippen LogP contribution in [0.1, 0.15) is 18.3 Å². The summed E-state index contributed by atoms with van der Waals surface area (Å²) in [5.41, 5.74) is 3.58. The van der Waals surface area contributed by atoms with Crippen LogP contribution in [0.15, 0.2) is 46.9 Å². The zero-order chi connectivity index (χ0) is 21.3. The molecule has 0 spiro atoms. The number of nitrogens with one attached hydrogen (secondary N) is 1. The number of benzene rings is 1. The Labute approximate surface area is 181 Å². The molecule has 3 aromatic heterocycles. The van der Waals surface area contributed by atoms with Crippen LogP contribution in [0.4, 0.5) is 5.13 Å². The largest absolute Gasteiger partial charge is 0.334 e. The number of nitrogens with zero attached hydrogens (tertiary/aromatic N) is 6. The van der Waals surface area contributed by atoms with Gasteiger partial charge in [0.05, 0.1) is 16.6 Å². The molecule has 4 rings (SSSR count). The Morgan fingerprint density at radius 2 is 2.00 bits per heavy atom. The van der Waals surface area contributed by atoms with Gasteiger partial charge in [0.25, 0.3) is 5.95 Å². The van der Waals surface area contributed by atoms with Crippen LogP contribution in [0.5, 0.6) is 0 Å². The number of hydrogen-bond donors (Lipinski definition) is 2. The number of thiazole rings is 1. The minimum atomic E-state index is -0.450. The smallest absolute Gasteiger partial charge is 0.271 e. The molecule has 0 aliphatic carbocycles. The van der Waals surface area contributed by atoms with Gasteiger partial charge in [-0.15, -0.1) is 21.5 Å². The standard InChI is InChI=1S/C19H20N8OS2/c1-11-9-12(2)27(25-11)18-23-24-19(26(18)20)30-13(3)16(28)22-17-21-15(10-29-17)14-7-5-4-6-8-14/h4-10,13H,20H2,1-3H3,(H,21,22,28). The Bertz CT molecular complexity index is 1180. The predicted octanol–water partition coefficient (Wildman–Crippen LogP) is 3.04. The Morgan fingerprint density at radius 1 is 1.23 bits per heavy atom. The van der Waals surface area contributed by atoms with Crippen molar-refractivity contribution < 1.29 is 4.79 Å². The van der Waals surface area contributed by atoms with E-state index < -0.39 is 5.25 Å². The van der Waals surface area contributed by atoms with E-state index in [1.807, 2.05) is 55.6 Å². The van der Waals surface area contributed by atoms with Crippen LogP contribution in [0, 0.1) is 13.8 Å². The molecule has 11 heteroatoms. The molecule has 1 unspecified atom stereocenters. The Balaban J connectivity index is 1.43. The van der Waals surface area contributed by atoms with Crippen LogP contribution in [0.25, 0.3) is 17.2 Å². The molecule has 30 heavy (non-hydrogen) atoms. The second-order valence-electron chi connectivity index (χ2n) is 6.64. The summed E-state index contributed by atoms with van der Waals surface area (Å²) in [6.45, 7) is 5.59. The highest BCUT2D eigenvalue weighted by Crippen LogP contribution is 2.27. The highest BCUT2D eigenvalue weighted by atomic mass is 32.2. The minimum Gasteiger partial charge on any atom is -0.334 e. The maximum absolute atomic E-state index is 12.6. The lowest BCUT2D eigenvalue weighted by Gasteiger charge is -2.10. The highest BCUT2D eigenvalue weighted by Gasteiger charge is 2.22. The van der Waals surface area contributed by atoms with E-state index in [0.717, 1.165) is 22.6 Å². The molecule has 0 bridgehead atoms. The quantitative estimate of drug-likeness (QED) is 0.350. The van der Waals surface area contributed by atoms with Crippen LogP contribution in [-0.4, -0.2) is 40.8 Å². The van der Waals surface area contributed by atoms with E-state index in [2.05, 4.69) is 25.6 Å². The molecule has 0 saturated heterocycles. The molecule has 0 aliphatic heterocycles. The maximum Gasteiger partial charge on any atom is 0.271 e. The van der Waals surface area contributed by atoms with Crippen molar-refractivity contribution in [2.45, 2.75) is 31.2 Å². The summed E-state index contributed by atoms with van der Waals surface area (Å²) in [6.07, 6.45) is 0. The lowest BCUT2D eigenvalue weighted by atomic mass is 10.2. The molecule has 9 nitrogen and oxygen atoms in total. The molecular weight excluding hydrogens is 420 g/mol. The summed E-state index contributed by atoms with van der Waals surface area (Å²) >= 11 is 2.60. The molecule has 0 aliphatic rings. The fourth-order valence-electron chi connectivity index (χ4n) is 2.82. The zero-order valence-electron chi connectivity index (χ0n) is 16.6. The summed E-state index contributed by atoms with van der Waals surface area (Å²) in [5, 5.41) is 17.9. The lowest BCUT2D eigenvalue weighted by Crippen LogP contribution is -2.24. The average molecular weight is 441 g/mol. The van der Waals surface area contributed by atoms with Crippen molar-refractivity contribution in [3.05, 3.63) is 53.2 Å². The summed E-state index contributed by atoms with van der Waals surface area (Å²) in [7, 11) is 0. The zero-order valence-corrected chi connectivity index (χ0v) is 18.2. The Kier molecular flexibility index (Phi) is 5.55. The molecule has 3 heterocycles. The number of hydrogen-bond acceptors (Lipinski definition) is 8. The second kappa shape index (κ2) is 8.28. The molecule has 0 radical (unpaired) electrons. The normalized spacial score (nSPS) is 12.1. The van der Waals surface area contributed by atoms with Gasteiger partial charge in [0.15, 0.2) is 5.13 Å². The van der Waals surface area contributed by atoms with Gasteiger partial charge in [0.1, 0.15) is 0 Å². The number of carbonyl (C=O) groups excluding carboxylic acids is 1. The molecular formula is C19H20N8OS2. The van der Waals surface area contributed by atoms with E-state index >= 15 is 0 Å². The Morgan fingerprint density at radius 3 is 2.70 bits per heavy atom. The number of rotatable bonds is 6. The van der Waals surface area contributed by atoms with Crippen molar-refractivity contribution >= 4 is 34.1 Å². The van der Waals surface area contributed by atoms with Gasteiger partial charge >= 0.3 is 0 Å². The molecule has 1 atom stereocenters. The van der Waals surface area contributed by atoms with Crippen LogP contribution in [0.3, 0.4) is 0 Å². The summed E-state index contributed by atoms with van der Waals surface area (Å²) < 4.78 is 2.96. The first-order valence-electron chi connectivity index (χ1n) is 9.15.